The van der Waals surface area contributed by atoms with Crippen molar-refractivity contribution >= 4 is 17.1 Å². The molecule has 2 aromatic rings. The maximum atomic E-state index is 13.5. The molecular formula is C13H11FOS. The van der Waals surface area contributed by atoms with E-state index in [0.717, 1.165) is 4.88 Å². The first-order valence-corrected chi connectivity index (χ1v) is 5.92. The molecule has 0 aliphatic carbocycles. The van der Waals surface area contributed by atoms with Crippen LogP contribution in [0.3, 0.4) is 0 Å². The molecular weight excluding hydrogens is 223 g/mol. The topological polar surface area (TPSA) is 17.1 Å². The van der Waals surface area contributed by atoms with E-state index < -0.39 is 0 Å². The zero-order chi connectivity index (χ0) is 11.5. The van der Waals surface area contributed by atoms with Crippen molar-refractivity contribution in [2.75, 3.05) is 0 Å². The molecule has 0 saturated carbocycles. The lowest BCUT2D eigenvalue weighted by Gasteiger charge is -1.98. The van der Waals surface area contributed by atoms with E-state index in [9.17, 15) is 9.18 Å². The molecule has 0 atom stereocenters. The van der Waals surface area contributed by atoms with E-state index in [1.807, 2.05) is 6.92 Å². The summed E-state index contributed by atoms with van der Waals surface area (Å²) >= 11 is 1.34. The molecule has 1 nitrogen and oxygen atoms in total. The number of thiophene rings is 1. The van der Waals surface area contributed by atoms with Crippen LogP contribution in [0.5, 0.6) is 0 Å². The van der Waals surface area contributed by atoms with E-state index in [-0.39, 0.29) is 11.6 Å². The highest BCUT2D eigenvalue weighted by atomic mass is 32.1. The summed E-state index contributed by atoms with van der Waals surface area (Å²) in [6, 6.07) is 10.2. The van der Waals surface area contributed by atoms with Crippen LogP contribution in [0.4, 0.5) is 4.39 Å². The quantitative estimate of drug-likeness (QED) is 0.729. The van der Waals surface area contributed by atoms with E-state index in [0.29, 0.717) is 16.9 Å². The Labute approximate surface area is 97.6 Å². The van der Waals surface area contributed by atoms with Crippen LogP contribution in [0.1, 0.15) is 23.0 Å². The van der Waals surface area contributed by atoms with Crippen molar-refractivity contribution in [3.05, 3.63) is 47.1 Å². The first kappa shape index (κ1) is 11.0. The first-order chi connectivity index (χ1) is 7.72. The number of hydrogen-bond acceptors (Lipinski definition) is 2. The van der Waals surface area contributed by atoms with Crippen molar-refractivity contribution in [2.45, 2.75) is 13.3 Å². The van der Waals surface area contributed by atoms with Crippen molar-refractivity contribution < 1.29 is 9.18 Å². The van der Waals surface area contributed by atoms with Gasteiger partial charge in [0.15, 0.2) is 5.78 Å². The second-order valence-corrected chi connectivity index (χ2v) is 4.50. The molecule has 1 aromatic carbocycles. The Hall–Kier alpha value is -1.48. The predicted octanol–water partition coefficient (Wildman–Crippen LogP) is 4.15. The Balaban J connectivity index is 2.39. The number of rotatable bonds is 3. The second kappa shape index (κ2) is 4.58. The third-order valence-electron chi connectivity index (χ3n) is 2.34. The van der Waals surface area contributed by atoms with Crippen LogP contribution >= 0.6 is 11.3 Å². The Kier molecular flexibility index (Phi) is 3.15. The van der Waals surface area contributed by atoms with E-state index >= 15 is 0 Å². The smallest absolute Gasteiger partial charge is 0.172 e. The molecule has 82 valence electrons. The number of carbonyl (C=O) groups excluding carboxylic acids is 1. The van der Waals surface area contributed by atoms with Gasteiger partial charge in [0.25, 0.3) is 0 Å². The third-order valence-corrected chi connectivity index (χ3v) is 3.50. The fourth-order valence-electron chi connectivity index (χ4n) is 1.47. The van der Waals surface area contributed by atoms with Crippen molar-refractivity contribution in [3.8, 4) is 10.4 Å². The van der Waals surface area contributed by atoms with Crippen LogP contribution in [0, 0.1) is 5.82 Å². The Morgan fingerprint density at radius 3 is 2.69 bits per heavy atom. The van der Waals surface area contributed by atoms with Gasteiger partial charge >= 0.3 is 0 Å². The van der Waals surface area contributed by atoms with Crippen LogP contribution in [-0.4, -0.2) is 5.78 Å². The van der Waals surface area contributed by atoms with Gasteiger partial charge in [-0.15, -0.1) is 11.3 Å². The maximum Gasteiger partial charge on any atom is 0.172 e. The standard InChI is InChI=1S/C13H11FOS/c1-2-11(15)13-8-7-12(16-13)9-5-3-4-6-10(9)14/h3-8H,2H2,1H3. The number of Topliss-reactive ketones (excluding diaryl/α,β-unsaturated/α-hetero) is 1. The van der Waals surface area contributed by atoms with Crippen LogP contribution in [0.15, 0.2) is 36.4 Å². The van der Waals surface area contributed by atoms with Crippen molar-refractivity contribution in [1.82, 2.24) is 0 Å². The lowest BCUT2D eigenvalue weighted by molar-refractivity contribution is 0.0992. The van der Waals surface area contributed by atoms with Gasteiger partial charge < -0.3 is 0 Å². The van der Waals surface area contributed by atoms with Crippen molar-refractivity contribution in [3.63, 3.8) is 0 Å². The van der Waals surface area contributed by atoms with Crippen molar-refractivity contribution in [2.24, 2.45) is 0 Å². The summed E-state index contributed by atoms with van der Waals surface area (Å²) in [6.07, 6.45) is 0.483. The number of benzene rings is 1. The number of halogens is 1. The third kappa shape index (κ3) is 2.04. The zero-order valence-electron chi connectivity index (χ0n) is 8.87. The SMILES string of the molecule is CCC(=O)c1ccc(-c2ccccc2F)s1. The molecule has 16 heavy (non-hydrogen) atoms. The van der Waals surface area contributed by atoms with Gasteiger partial charge in [-0.25, -0.2) is 4.39 Å². The van der Waals surface area contributed by atoms with Crippen LogP contribution in [0.25, 0.3) is 10.4 Å². The monoisotopic (exact) mass is 234 g/mol. The minimum absolute atomic E-state index is 0.104. The average Bonchev–Trinajstić information content (AvgIpc) is 2.78. The molecule has 0 amide bonds. The Morgan fingerprint density at radius 1 is 1.25 bits per heavy atom. The molecule has 3 heteroatoms. The van der Waals surface area contributed by atoms with Gasteiger partial charge in [-0.3, -0.25) is 4.79 Å². The molecule has 2 rings (SSSR count). The lowest BCUT2D eigenvalue weighted by Crippen LogP contribution is -1.90. The highest BCUT2D eigenvalue weighted by Gasteiger charge is 2.10. The maximum absolute atomic E-state index is 13.5. The van der Waals surface area contributed by atoms with Crippen LogP contribution in [0.2, 0.25) is 0 Å². The van der Waals surface area contributed by atoms with Crippen molar-refractivity contribution in [1.29, 1.82) is 0 Å². The van der Waals surface area contributed by atoms with E-state index in [1.54, 1.807) is 30.3 Å². The fraction of sp³-hybridized carbons (Fsp3) is 0.154. The molecule has 0 radical (unpaired) electrons. The summed E-state index contributed by atoms with van der Waals surface area (Å²) in [5, 5.41) is 0. The van der Waals surface area contributed by atoms with Crippen LogP contribution < -0.4 is 0 Å². The van der Waals surface area contributed by atoms with Gasteiger partial charge in [0.2, 0.25) is 0 Å². The molecule has 0 spiro atoms. The molecule has 0 saturated heterocycles. The van der Waals surface area contributed by atoms with Crippen LogP contribution in [-0.2, 0) is 0 Å². The predicted molar refractivity (Wildman–Crippen MR) is 64.3 cm³/mol. The summed E-state index contributed by atoms with van der Waals surface area (Å²) < 4.78 is 13.5. The summed E-state index contributed by atoms with van der Waals surface area (Å²) in [6.45, 7) is 1.82. The van der Waals surface area contributed by atoms with Gasteiger partial charge in [0.1, 0.15) is 5.82 Å². The van der Waals surface area contributed by atoms with E-state index in [1.165, 1.54) is 17.4 Å². The number of hydrogen-bond donors (Lipinski definition) is 0. The summed E-state index contributed by atoms with van der Waals surface area (Å²) in [4.78, 5) is 13.0. The summed E-state index contributed by atoms with van der Waals surface area (Å²) in [7, 11) is 0. The largest absolute Gasteiger partial charge is 0.293 e. The molecule has 0 bridgehead atoms. The highest BCUT2D eigenvalue weighted by Crippen LogP contribution is 2.30. The fourth-order valence-corrected chi connectivity index (χ4v) is 2.51. The van der Waals surface area contributed by atoms with Gasteiger partial charge in [-0.2, -0.15) is 0 Å². The lowest BCUT2D eigenvalue weighted by atomic mass is 10.2. The Morgan fingerprint density at radius 2 is 2.00 bits per heavy atom. The molecule has 0 unspecified atom stereocenters. The van der Waals surface area contributed by atoms with Gasteiger partial charge in [0.05, 0.1) is 4.88 Å². The summed E-state index contributed by atoms with van der Waals surface area (Å²) in [5.41, 5.74) is 0.558. The Bertz CT molecular complexity index is 516. The molecule has 0 fully saturated rings. The van der Waals surface area contributed by atoms with Gasteiger partial charge in [-0.05, 0) is 18.2 Å². The summed E-state index contributed by atoms with van der Waals surface area (Å²) in [5.74, 6) is -0.146. The van der Waals surface area contributed by atoms with E-state index in [2.05, 4.69) is 0 Å². The highest BCUT2D eigenvalue weighted by molar-refractivity contribution is 7.17. The van der Waals surface area contributed by atoms with Gasteiger partial charge in [-0.1, -0.05) is 25.1 Å². The molecule has 0 aliphatic heterocycles. The number of ketones is 1. The minimum atomic E-state index is -0.250. The minimum Gasteiger partial charge on any atom is -0.293 e. The molecule has 1 aromatic heterocycles. The normalized spacial score (nSPS) is 10.4. The number of carbonyl (C=O) groups is 1. The molecule has 0 aliphatic rings. The average molecular weight is 234 g/mol. The van der Waals surface area contributed by atoms with E-state index in [4.69, 9.17) is 0 Å². The van der Waals surface area contributed by atoms with Gasteiger partial charge in [0, 0.05) is 16.9 Å². The molecule has 0 N–H and O–H groups in total. The zero-order valence-corrected chi connectivity index (χ0v) is 9.68. The molecule has 1 heterocycles. The first-order valence-electron chi connectivity index (χ1n) is 5.10. The second-order valence-electron chi connectivity index (χ2n) is 3.42.